The van der Waals surface area contributed by atoms with Crippen LogP contribution in [-0.4, -0.2) is 33.7 Å². The third-order valence-corrected chi connectivity index (χ3v) is 5.14. The fourth-order valence-corrected chi connectivity index (χ4v) is 3.95. The van der Waals surface area contributed by atoms with E-state index in [4.69, 9.17) is 5.73 Å². The number of amidine groups is 1. The number of benzene rings is 1. The van der Waals surface area contributed by atoms with Crippen molar-refractivity contribution in [2.45, 2.75) is 43.7 Å². The van der Waals surface area contributed by atoms with E-state index in [1.54, 1.807) is 0 Å². The van der Waals surface area contributed by atoms with Gasteiger partial charge in [0.1, 0.15) is 23.4 Å². The van der Waals surface area contributed by atoms with Crippen molar-refractivity contribution < 1.29 is 5.11 Å². The first-order chi connectivity index (χ1) is 11.1. The lowest BCUT2D eigenvalue weighted by Crippen LogP contribution is -2.46. The fraction of sp³-hybridized carbons (Fsp3) is 0.444. The van der Waals surface area contributed by atoms with Crippen molar-refractivity contribution in [1.29, 1.82) is 0 Å². The molecule has 1 aromatic rings. The Kier molecular flexibility index (Phi) is 3.27. The summed E-state index contributed by atoms with van der Waals surface area (Å²) in [7, 11) is 0. The van der Waals surface area contributed by atoms with Gasteiger partial charge in [0.05, 0.1) is 11.3 Å². The largest absolute Gasteiger partial charge is 0.388 e. The highest BCUT2D eigenvalue weighted by Crippen LogP contribution is 2.42. The molecule has 1 aliphatic carbocycles. The summed E-state index contributed by atoms with van der Waals surface area (Å²) in [6.07, 6.45) is 5.04. The molecular weight excluding hydrogens is 288 g/mol. The van der Waals surface area contributed by atoms with E-state index in [0.717, 1.165) is 42.6 Å². The van der Waals surface area contributed by atoms with Gasteiger partial charge in [-0.1, -0.05) is 44.0 Å². The number of hydrogen-bond acceptors (Lipinski definition) is 5. The molecule has 2 heterocycles. The minimum Gasteiger partial charge on any atom is -0.388 e. The average Bonchev–Trinajstić information content (AvgIpc) is 2.86. The summed E-state index contributed by atoms with van der Waals surface area (Å²) < 4.78 is 0. The van der Waals surface area contributed by atoms with Crippen LogP contribution in [0.25, 0.3) is 0 Å². The van der Waals surface area contributed by atoms with Gasteiger partial charge in [0.25, 0.3) is 0 Å². The molecule has 0 amide bonds. The lowest BCUT2D eigenvalue weighted by atomic mass is 9.83. The minimum absolute atomic E-state index is 0.0813. The highest BCUT2D eigenvalue weighted by Gasteiger charge is 2.42. The van der Waals surface area contributed by atoms with Crippen LogP contribution >= 0.6 is 0 Å². The Bertz CT molecular complexity index is 715. The molecule has 4 rings (SSSR count). The Labute approximate surface area is 136 Å². The van der Waals surface area contributed by atoms with E-state index in [1.807, 2.05) is 18.2 Å². The molecule has 5 heteroatoms. The summed E-state index contributed by atoms with van der Waals surface area (Å²) in [5.41, 5.74) is 8.17. The zero-order valence-corrected chi connectivity index (χ0v) is 13.2. The summed E-state index contributed by atoms with van der Waals surface area (Å²) in [4.78, 5) is 11.1. The number of aliphatic hydroxyl groups is 1. The predicted molar refractivity (Wildman–Crippen MR) is 91.8 cm³/mol. The van der Waals surface area contributed by atoms with Gasteiger partial charge >= 0.3 is 0 Å². The number of nitrogens with two attached hydrogens (primary N) is 1. The molecule has 0 spiro atoms. The van der Waals surface area contributed by atoms with Crippen LogP contribution in [0, 0.1) is 0 Å². The zero-order valence-electron chi connectivity index (χ0n) is 13.2. The summed E-state index contributed by atoms with van der Waals surface area (Å²) in [5, 5.41) is 11.0. The van der Waals surface area contributed by atoms with Gasteiger partial charge in [-0.05, 0) is 18.9 Å². The minimum atomic E-state index is -0.662. The van der Waals surface area contributed by atoms with Gasteiger partial charge in [-0.3, -0.25) is 0 Å². The molecule has 1 atom stereocenters. The Morgan fingerprint density at radius 1 is 1.22 bits per heavy atom. The number of para-hydroxylation sites is 1. The number of rotatable bonds is 2. The number of β-amino-alcohol motifs (C(OH)–C–C–N with tert-alkyl or cyclic N) is 1. The van der Waals surface area contributed by atoms with Crippen molar-refractivity contribution in [3.63, 3.8) is 0 Å². The van der Waals surface area contributed by atoms with Crippen molar-refractivity contribution in [3.05, 3.63) is 42.2 Å². The third-order valence-electron chi connectivity index (χ3n) is 5.14. The van der Waals surface area contributed by atoms with Crippen molar-refractivity contribution in [3.8, 4) is 0 Å². The van der Waals surface area contributed by atoms with Crippen LogP contribution < -0.4 is 5.73 Å². The molecule has 120 valence electrons. The first-order valence-electron chi connectivity index (χ1n) is 8.27. The van der Waals surface area contributed by atoms with Crippen LogP contribution in [0.15, 0.2) is 46.7 Å². The number of fused-ring (bicyclic) bond motifs is 3. The lowest BCUT2D eigenvalue weighted by molar-refractivity contribution is -0.0213. The van der Waals surface area contributed by atoms with Gasteiger partial charge in [-0.25, -0.2) is 9.98 Å². The molecule has 23 heavy (non-hydrogen) atoms. The number of nitrogens with zero attached hydrogens (tertiary/aromatic N) is 3. The summed E-state index contributed by atoms with van der Waals surface area (Å²) >= 11 is 0. The molecule has 0 aromatic heterocycles. The first kappa shape index (κ1) is 14.5. The second kappa shape index (κ2) is 5.20. The molecule has 1 fully saturated rings. The summed E-state index contributed by atoms with van der Waals surface area (Å²) in [5.74, 6) is 1.12. The van der Waals surface area contributed by atoms with E-state index >= 15 is 0 Å². The van der Waals surface area contributed by atoms with Crippen molar-refractivity contribution >= 4 is 17.2 Å². The molecule has 0 radical (unpaired) electrons. The van der Waals surface area contributed by atoms with Crippen molar-refractivity contribution in [2.24, 2.45) is 15.7 Å². The molecule has 1 aromatic carbocycles. The summed E-state index contributed by atoms with van der Waals surface area (Å²) in [6, 6.07) is 7.90. The molecular formula is C18H22N4O. The maximum absolute atomic E-state index is 11.0. The monoisotopic (exact) mass is 310 g/mol. The zero-order chi connectivity index (χ0) is 16.0. The Morgan fingerprint density at radius 3 is 2.74 bits per heavy atom. The van der Waals surface area contributed by atoms with Crippen LogP contribution in [0.2, 0.25) is 0 Å². The van der Waals surface area contributed by atoms with E-state index in [2.05, 4.69) is 27.5 Å². The normalized spacial score (nSPS) is 25.5. The van der Waals surface area contributed by atoms with Crippen molar-refractivity contribution in [2.75, 3.05) is 6.54 Å². The standard InChI is InChI=1S/C18H22N4O/c1-12-20-15-16(13-7-3-4-8-14(13)21-17(15)19)22(12)11-18(23)9-5-2-6-10-18/h3-4,7-8,16,23H,1-2,5-6,9-11H2,(H2,19,21). The number of hydrogen-bond donors (Lipinski definition) is 2. The molecule has 2 aliphatic heterocycles. The molecule has 1 saturated carbocycles. The van der Waals surface area contributed by atoms with Crippen LogP contribution in [0.1, 0.15) is 43.7 Å². The van der Waals surface area contributed by atoms with Gasteiger partial charge in [0.15, 0.2) is 0 Å². The second-order valence-corrected chi connectivity index (χ2v) is 6.78. The number of aliphatic imine (C=N–C) groups is 2. The van der Waals surface area contributed by atoms with Gasteiger partial charge in [-0.2, -0.15) is 0 Å². The molecule has 0 saturated heterocycles. The highest BCUT2D eigenvalue weighted by atomic mass is 16.3. The quantitative estimate of drug-likeness (QED) is 0.882. The molecule has 0 bridgehead atoms. The maximum atomic E-state index is 11.0. The van der Waals surface area contributed by atoms with Crippen LogP contribution in [-0.2, 0) is 0 Å². The van der Waals surface area contributed by atoms with Gasteiger partial charge < -0.3 is 15.7 Å². The van der Waals surface area contributed by atoms with E-state index in [-0.39, 0.29) is 6.04 Å². The smallest absolute Gasteiger partial charge is 0.148 e. The maximum Gasteiger partial charge on any atom is 0.148 e. The molecule has 3 aliphatic rings. The van der Waals surface area contributed by atoms with Gasteiger partial charge in [0.2, 0.25) is 0 Å². The van der Waals surface area contributed by atoms with Crippen LogP contribution in [0.5, 0.6) is 0 Å². The Morgan fingerprint density at radius 2 is 1.96 bits per heavy atom. The Hall–Kier alpha value is -2.14. The van der Waals surface area contributed by atoms with E-state index in [9.17, 15) is 5.11 Å². The first-order valence-corrected chi connectivity index (χ1v) is 8.27. The highest BCUT2D eigenvalue weighted by molar-refractivity contribution is 6.45. The average molecular weight is 310 g/mol. The van der Waals surface area contributed by atoms with Crippen LogP contribution in [0.3, 0.4) is 0 Å². The third kappa shape index (κ3) is 2.36. The lowest BCUT2D eigenvalue weighted by Gasteiger charge is -2.39. The molecule has 5 nitrogen and oxygen atoms in total. The van der Waals surface area contributed by atoms with Gasteiger partial charge in [0, 0.05) is 12.1 Å². The van der Waals surface area contributed by atoms with Crippen LogP contribution in [0.4, 0.5) is 5.69 Å². The fourth-order valence-electron chi connectivity index (χ4n) is 3.95. The van der Waals surface area contributed by atoms with E-state index in [1.165, 1.54) is 6.42 Å². The van der Waals surface area contributed by atoms with Gasteiger partial charge in [-0.15, -0.1) is 0 Å². The second-order valence-electron chi connectivity index (χ2n) is 6.78. The van der Waals surface area contributed by atoms with Crippen molar-refractivity contribution in [1.82, 2.24) is 4.90 Å². The molecule has 1 unspecified atom stereocenters. The summed E-state index contributed by atoms with van der Waals surface area (Å²) in [6.45, 7) is 4.63. The molecule has 3 N–H and O–H groups in total. The SMILES string of the molecule is C=C1N=C2C(N)=Nc3ccccc3C2N1CC1(O)CCCCC1. The topological polar surface area (TPSA) is 74.2 Å². The Balaban J connectivity index is 1.70. The van der Waals surface area contributed by atoms with E-state index in [0.29, 0.717) is 18.2 Å². The predicted octanol–water partition coefficient (Wildman–Crippen LogP) is 2.65. The van der Waals surface area contributed by atoms with E-state index < -0.39 is 5.60 Å².